The van der Waals surface area contributed by atoms with E-state index in [1.54, 1.807) is 0 Å². The molecule has 0 bridgehead atoms. The van der Waals surface area contributed by atoms with Crippen LogP contribution in [-0.4, -0.2) is 68.4 Å². The number of benzene rings is 6. The molecular weight excluding hydrogens is 839 g/mol. The fourth-order valence-electron chi connectivity index (χ4n) is 10.5. The maximum Gasteiger partial charge on any atom is 0.199 e. The Morgan fingerprint density at radius 1 is 0.449 bits per heavy atom. The van der Waals surface area contributed by atoms with E-state index in [9.17, 15) is 0 Å². The van der Waals surface area contributed by atoms with Gasteiger partial charge in [0.15, 0.2) is 5.71 Å². The SMILES string of the molecule is CCN(CC)c1ccc(C(=C2C=CC(=Nc3ccc(C(=C4C=CC(=[N+](CC)CC)C=C4)c4ccc(N(CC)CC)cc4C)c4ccccc34)c3ccccc32)c2ccc(N(CC)CC)cc2C)cc1. The van der Waals surface area contributed by atoms with Crippen LogP contribution in [0.1, 0.15) is 99.9 Å². The van der Waals surface area contributed by atoms with Gasteiger partial charge in [0.2, 0.25) is 0 Å². The van der Waals surface area contributed by atoms with Crippen molar-refractivity contribution in [3.8, 4) is 0 Å². The largest absolute Gasteiger partial charge is 0.372 e. The van der Waals surface area contributed by atoms with E-state index in [0.29, 0.717) is 0 Å². The summed E-state index contributed by atoms with van der Waals surface area (Å²) in [6.07, 6.45) is 13.7. The van der Waals surface area contributed by atoms with Crippen LogP contribution in [0.2, 0.25) is 0 Å². The average molecular weight is 911 g/mol. The van der Waals surface area contributed by atoms with Crippen LogP contribution in [0.4, 0.5) is 22.7 Å². The van der Waals surface area contributed by atoms with Gasteiger partial charge in [0, 0.05) is 79.4 Å². The fraction of sp³-hybridized carbons (Fsp3) is 0.281. The number of hydrogen-bond acceptors (Lipinski definition) is 4. The molecule has 0 fully saturated rings. The van der Waals surface area contributed by atoms with Crippen LogP contribution in [-0.2, 0) is 0 Å². The van der Waals surface area contributed by atoms with Crippen molar-refractivity contribution in [3.05, 3.63) is 208 Å². The minimum atomic E-state index is 0.955. The van der Waals surface area contributed by atoms with Crippen LogP contribution in [0.5, 0.6) is 0 Å². The highest BCUT2D eigenvalue weighted by Crippen LogP contribution is 2.43. The molecule has 2 aliphatic rings. The third-order valence-corrected chi connectivity index (χ3v) is 14.4. The lowest BCUT2D eigenvalue weighted by Gasteiger charge is -2.25. The van der Waals surface area contributed by atoms with Crippen molar-refractivity contribution in [2.24, 2.45) is 4.99 Å². The Kier molecular flexibility index (Phi) is 15.4. The third kappa shape index (κ3) is 9.83. The molecule has 0 radical (unpaired) electrons. The van der Waals surface area contributed by atoms with E-state index in [1.165, 1.54) is 89.4 Å². The minimum absolute atomic E-state index is 0.955. The predicted octanol–water partition coefficient (Wildman–Crippen LogP) is 15.1. The van der Waals surface area contributed by atoms with E-state index in [1.807, 2.05) is 0 Å². The molecule has 0 atom stereocenters. The van der Waals surface area contributed by atoms with Gasteiger partial charge in [-0.3, -0.25) is 0 Å². The monoisotopic (exact) mass is 911 g/mol. The molecule has 0 heterocycles. The van der Waals surface area contributed by atoms with Gasteiger partial charge < -0.3 is 14.7 Å². The van der Waals surface area contributed by atoms with Gasteiger partial charge in [-0.1, -0.05) is 84.9 Å². The maximum absolute atomic E-state index is 5.58. The molecule has 0 amide bonds. The van der Waals surface area contributed by atoms with Gasteiger partial charge in [-0.05, 0) is 197 Å². The van der Waals surface area contributed by atoms with Gasteiger partial charge >= 0.3 is 0 Å². The lowest BCUT2D eigenvalue weighted by Crippen LogP contribution is -2.22. The molecule has 0 spiro atoms. The average Bonchev–Trinajstić information content (AvgIpc) is 3.38. The van der Waals surface area contributed by atoms with Crippen molar-refractivity contribution in [1.29, 1.82) is 0 Å². The Morgan fingerprint density at radius 2 is 0.942 bits per heavy atom. The first-order valence-electron chi connectivity index (χ1n) is 25.6. The first kappa shape index (κ1) is 48.5. The Labute approximate surface area is 413 Å². The summed E-state index contributed by atoms with van der Waals surface area (Å²) in [4.78, 5) is 12.8. The molecule has 352 valence electrons. The number of nitrogens with zero attached hydrogens (tertiary/aromatic N) is 5. The highest BCUT2D eigenvalue weighted by Gasteiger charge is 2.24. The fourth-order valence-corrected chi connectivity index (χ4v) is 10.5. The van der Waals surface area contributed by atoms with Crippen LogP contribution in [0.25, 0.3) is 27.5 Å². The zero-order valence-corrected chi connectivity index (χ0v) is 42.9. The van der Waals surface area contributed by atoms with Gasteiger partial charge in [-0.15, -0.1) is 0 Å². The number of rotatable bonds is 16. The molecule has 69 heavy (non-hydrogen) atoms. The van der Waals surface area contributed by atoms with Crippen LogP contribution < -0.4 is 14.7 Å². The second-order valence-corrected chi connectivity index (χ2v) is 18.0. The van der Waals surface area contributed by atoms with Crippen molar-refractivity contribution in [3.63, 3.8) is 0 Å². The summed E-state index contributed by atoms with van der Waals surface area (Å²) < 4.78 is 2.41. The molecule has 0 saturated carbocycles. The van der Waals surface area contributed by atoms with Gasteiger partial charge in [-0.25, -0.2) is 9.57 Å². The summed E-state index contributed by atoms with van der Waals surface area (Å²) in [5.74, 6) is 0. The second kappa shape index (κ2) is 22.0. The summed E-state index contributed by atoms with van der Waals surface area (Å²) in [6.45, 7) is 30.1. The molecule has 8 rings (SSSR count). The third-order valence-electron chi connectivity index (χ3n) is 14.4. The van der Waals surface area contributed by atoms with E-state index in [4.69, 9.17) is 4.99 Å². The van der Waals surface area contributed by atoms with E-state index in [0.717, 1.165) is 74.7 Å². The number of allylic oxidation sites excluding steroid dienone is 8. The number of anilines is 3. The lowest BCUT2D eigenvalue weighted by molar-refractivity contribution is -0.519. The smallest absolute Gasteiger partial charge is 0.199 e. The van der Waals surface area contributed by atoms with Crippen molar-refractivity contribution < 1.29 is 4.58 Å². The minimum Gasteiger partial charge on any atom is -0.372 e. The summed E-state index contributed by atoms with van der Waals surface area (Å²) in [7, 11) is 0. The quantitative estimate of drug-likeness (QED) is 0.0905. The Bertz CT molecular complexity index is 3020. The van der Waals surface area contributed by atoms with Crippen molar-refractivity contribution in [2.75, 3.05) is 67.1 Å². The van der Waals surface area contributed by atoms with E-state index < -0.39 is 0 Å². The first-order valence-corrected chi connectivity index (χ1v) is 25.6. The van der Waals surface area contributed by atoms with Gasteiger partial charge in [0.05, 0.1) is 11.4 Å². The molecule has 6 aromatic rings. The molecule has 6 aromatic carbocycles. The molecule has 0 aliphatic heterocycles. The topological polar surface area (TPSA) is 25.1 Å². The summed E-state index contributed by atoms with van der Waals surface area (Å²) in [6, 6.07) is 45.4. The van der Waals surface area contributed by atoms with Crippen LogP contribution in [0.3, 0.4) is 0 Å². The summed E-state index contributed by atoms with van der Waals surface area (Å²) >= 11 is 0. The standard InChI is InChI=1S/C64H72N5/c1-11-66(12-2)49-31-27-47(28-32-49)63(53-37-35-51(43-45(53)9)68(15-5)16-6)59-39-41-61(57-25-21-19-23-55(57)59)65-62-42-40-60(56-24-20-22-26-58(56)62)64(48-29-33-50(34-30-48)67(13-3)14-4)54-38-36-52(44-46(54)10)69(17-7)18-8/h19-44H,11-18H2,1-10H3/q+1. The van der Waals surface area contributed by atoms with Crippen molar-refractivity contribution in [2.45, 2.75) is 69.2 Å². The number of aliphatic imine (C=N–C) groups is 1. The van der Waals surface area contributed by atoms with E-state index >= 15 is 0 Å². The van der Waals surface area contributed by atoms with Crippen LogP contribution >= 0.6 is 0 Å². The number of fused-ring (bicyclic) bond motifs is 2. The van der Waals surface area contributed by atoms with Crippen molar-refractivity contribution in [1.82, 2.24) is 0 Å². The molecule has 2 aliphatic carbocycles. The summed E-state index contributed by atoms with van der Waals surface area (Å²) in [5, 5.41) is 2.31. The molecule has 0 N–H and O–H groups in total. The van der Waals surface area contributed by atoms with Gasteiger partial charge in [0.25, 0.3) is 0 Å². The molecular formula is C64H72N5+. The van der Waals surface area contributed by atoms with E-state index in [2.05, 4.69) is 246 Å². The highest BCUT2D eigenvalue weighted by molar-refractivity contribution is 6.21. The molecule has 0 saturated heterocycles. The zero-order chi connectivity index (χ0) is 48.6. The molecule has 0 aromatic heterocycles. The first-order chi connectivity index (χ1) is 33.7. The number of hydrogen-bond donors (Lipinski definition) is 0. The summed E-state index contributed by atoms with van der Waals surface area (Å²) in [5.41, 5.74) is 21.5. The van der Waals surface area contributed by atoms with Crippen molar-refractivity contribution >= 4 is 61.7 Å². The Hall–Kier alpha value is -6.98. The normalized spacial score (nSPS) is 14.4. The molecule has 5 nitrogen and oxygen atoms in total. The molecule has 0 unspecified atom stereocenters. The van der Waals surface area contributed by atoms with Gasteiger partial charge in [-0.2, -0.15) is 0 Å². The Balaban J connectivity index is 1.29. The van der Waals surface area contributed by atoms with Gasteiger partial charge in [0.1, 0.15) is 13.1 Å². The predicted molar refractivity (Wildman–Crippen MR) is 302 cm³/mol. The maximum atomic E-state index is 5.58. The number of aryl methyl sites for hydroxylation is 2. The lowest BCUT2D eigenvalue weighted by atomic mass is 9.82. The van der Waals surface area contributed by atoms with E-state index in [-0.39, 0.29) is 0 Å². The second-order valence-electron chi connectivity index (χ2n) is 18.0. The Morgan fingerprint density at radius 3 is 1.49 bits per heavy atom. The molecule has 5 heteroatoms. The highest BCUT2D eigenvalue weighted by atomic mass is 15.1. The van der Waals surface area contributed by atoms with Crippen LogP contribution in [0, 0.1) is 13.8 Å². The zero-order valence-electron chi connectivity index (χ0n) is 42.9. The van der Waals surface area contributed by atoms with Crippen LogP contribution in [0.15, 0.2) is 168 Å².